The van der Waals surface area contributed by atoms with Crippen molar-refractivity contribution in [2.45, 2.75) is 30.6 Å². The van der Waals surface area contributed by atoms with Gasteiger partial charge in [0.2, 0.25) is 0 Å². The summed E-state index contributed by atoms with van der Waals surface area (Å²) in [6.07, 6.45) is 1.20. The van der Waals surface area contributed by atoms with E-state index in [0.29, 0.717) is 19.3 Å². The molecule has 0 spiro atoms. The van der Waals surface area contributed by atoms with Gasteiger partial charge in [0, 0.05) is 6.42 Å². The molecule has 0 aromatic rings. The van der Waals surface area contributed by atoms with E-state index in [2.05, 4.69) is 29.0 Å². The summed E-state index contributed by atoms with van der Waals surface area (Å²) in [6.45, 7) is 0. The monoisotopic (exact) mass is 243 g/mol. The molecule has 0 aromatic carbocycles. The SMILES string of the molecule is O=S(=O)(O)OC1CCC(=[SH+])C(S)C1. The molecule has 0 radical (unpaired) electrons. The van der Waals surface area contributed by atoms with Gasteiger partial charge in [-0.05, 0) is 12.8 Å². The van der Waals surface area contributed by atoms with Crippen molar-refractivity contribution in [3.05, 3.63) is 0 Å². The van der Waals surface area contributed by atoms with Gasteiger partial charge in [0.15, 0.2) is 17.1 Å². The van der Waals surface area contributed by atoms with Gasteiger partial charge < -0.3 is 0 Å². The van der Waals surface area contributed by atoms with Crippen LogP contribution < -0.4 is 0 Å². The van der Waals surface area contributed by atoms with Gasteiger partial charge in [-0.1, -0.05) is 0 Å². The van der Waals surface area contributed by atoms with E-state index in [-0.39, 0.29) is 5.25 Å². The van der Waals surface area contributed by atoms with Gasteiger partial charge in [0.25, 0.3) is 0 Å². The van der Waals surface area contributed by atoms with Crippen LogP contribution in [0.3, 0.4) is 0 Å². The Morgan fingerprint density at radius 1 is 1.62 bits per heavy atom. The van der Waals surface area contributed by atoms with E-state index >= 15 is 0 Å². The number of hydrogen-bond donors (Lipinski definition) is 2. The third kappa shape index (κ3) is 3.90. The summed E-state index contributed by atoms with van der Waals surface area (Å²) in [6, 6.07) is 0. The largest absolute Gasteiger partial charge is 0.397 e. The van der Waals surface area contributed by atoms with Crippen molar-refractivity contribution in [1.82, 2.24) is 0 Å². The Kier molecular flexibility index (Phi) is 3.70. The normalized spacial score (nSPS) is 30.5. The lowest BCUT2D eigenvalue weighted by molar-refractivity contribution is 0.164. The molecule has 0 aromatic heterocycles. The highest BCUT2D eigenvalue weighted by atomic mass is 32.3. The van der Waals surface area contributed by atoms with Crippen molar-refractivity contribution in [2.24, 2.45) is 0 Å². The molecule has 0 saturated heterocycles. The molecule has 0 aliphatic heterocycles. The van der Waals surface area contributed by atoms with Crippen LogP contribution in [0.1, 0.15) is 19.3 Å². The smallest absolute Gasteiger partial charge is 0.264 e. The maximum absolute atomic E-state index is 10.4. The van der Waals surface area contributed by atoms with Gasteiger partial charge in [0.05, 0.1) is 11.4 Å². The lowest BCUT2D eigenvalue weighted by Gasteiger charge is -2.22. The van der Waals surface area contributed by atoms with E-state index < -0.39 is 16.5 Å². The Morgan fingerprint density at radius 3 is 2.69 bits per heavy atom. The molecule has 1 aliphatic carbocycles. The van der Waals surface area contributed by atoms with Gasteiger partial charge in [-0.25, -0.2) is 4.18 Å². The summed E-state index contributed by atoms with van der Waals surface area (Å²) in [5.41, 5.74) is 0. The van der Waals surface area contributed by atoms with Gasteiger partial charge >= 0.3 is 10.4 Å². The van der Waals surface area contributed by atoms with Crippen LogP contribution in [0.2, 0.25) is 0 Å². The minimum atomic E-state index is -4.33. The van der Waals surface area contributed by atoms with Crippen LogP contribution in [0.4, 0.5) is 0 Å². The molecule has 1 saturated carbocycles. The molecule has 1 fully saturated rings. The predicted molar refractivity (Wildman–Crippen MR) is 56.8 cm³/mol. The standard InChI is InChI=1S/C6H10O4S3/c7-13(8,9)10-4-1-2-5(11)6(12)3-4/h4,6,12H,1-3H2,(H,7,8,9)/p+1. The van der Waals surface area contributed by atoms with Gasteiger partial charge in [-0.2, -0.15) is 21.0 Å². The maximum Gasteiger partial charge on any atom is 0.397 e. The molecule has 0 heterocycles. The molecular weight excluding hydrogens is 232 g/mol. The number of thiol groups is 2. The molecule has 2 unspecified atom stereocenters. The third-order valence-corrected chi connectivity index (χ3v) is 3.63. The Hall–Kier alpha value is 0.310. The van der Waals surface area contributed by atoms with E-state index in [1.54, 1.807) is 0 Å². The van der Waals surface area contributed by atoms with Crippen LogP contribution in [-0.4, -0.2) is 29.2 Å². The lowest BCUT2D eigenvalue weighted by Crippen LogP contribution is -2.31. The Morgan fingerprint density at radius 2 is 2.23 bits per heavy atom. The number of hydrogen-bond acceptors (Lipinski definition) is 4. The Bertz CT molecular complexity index is 297. The van der Waals surface area contributed by atoms with Crippen LogP contribution >= 0.6 is 12.6 Å². The first-order valence-corrected chi connectivity index (χ1v) is 6.10. The first kappa shape index (κ1) is 11.4. The van der Waals surface area contributed by atoms with Gasteiger partial charge in [-0.15, -0.1) is 0 Å². The van der Waals surface area contributed by atoms with Crippen molar-refractivity contribution < 1.29 is 17.2 Å². The average molecular weight is 243 g/mol. The second-order valence-electron chi connectivity index (χ2n) is 2.93. The fraction of sp³-hybridized carbons (Fsp3) is 0.833. The molecule has 2 atom stereocenters. The molecule has 13 heavy (non-hydrogen) atoms. The van der Waals surface area contributed by atoms with Crippen LogP contribution in [0.5, 0.6) is 0 Å². The molecule has 0 bridgehead atoms. The highest BCUT2D eigenvalue weighted by Gasteiger charge is 2.30. The quantitative estimate of drug-likeness (QED) is 0.313. The maximum atomic E-state index is 10.4. The van der Waals surface area contributed by atoms with Crippen molar-refractivity contribution in [3.8, 4) is 0 Å². The van der Waals surface area contributed by atoms with E-state index in [1.165, 1.54) is 0 Å². The first-order valence-electron chi connectivity index (χ1n) is 3.77. The fourth-order valence-electron chi connectivity index (χ4n) is 1.24. The summed E-state index contributed by atoms with van der Waals surface area (Å²) < 4.78 is 33.6. The highest BCUT2D eigenvalue weighted by molar-refractivity contribution is 7.83. The topological polar surface area (TPSA) is 63.6 Å². The van der Waals surface area contributed by atoms with Crippen molar-refractivity contribution in [3.63, 3.8) is 0 Å². The molecule has 4 nitrogen and oxygen atoms in total. The van der Waals surface area contributed by atoms with Crippen LogP contribution in [-0.2, 0) is 26.8 Å². The minimum Gasteiger partial charge on any atom is -0.264 e. The second kappa shape index (κ2) is 4.22. The van der Waals surface area contributed by atoms with Crippen LogP contribution in [0.15, 0.2) is 0 Å². The first-order chi connectivity index (χ1) is 5.88. The summed E-state index contributed by atoms with van der Waals surface area (Å²) in [5, 5.41) is -0.0659. The molecule has 1 rings (SSSR count). The molecule has 0 amide bonds. The Labute approximate surface area is 88.0 Å². The van der Waals surface area contributed by atoms with Gasteiger partial charge in [0.1, 0.15) is 0 Å². The minimum absolute atomic E-state index is 0.0659. The van der Waals surface area contributed by atoms with Crippen molar-refractivity contribution in [2.75, 3.05) is 0 Å². The number of rotatable bonds is 2. The zero-order valence-corrected chi connectivity index (χ0v) is 9.36. The zero-order valence-electron chi connectivity index (χ0n) is 6.75. The van der Waals surface area contributed by atoms with Gasteiger partial charge in [-0.3, -0.25) is 4.55 Å². The van der Waals surface area contributed by atoms with Crippen molar-refractivity contribution >= 4 is 40.1 Å². The predicted octanol–water partition coefficient (Wildman–Crippen LogP) is 0.108. The Balaban J connectivity index is 2.52. The molecule has 1 N–H and O–H groups in total. The summed E-state index contributed by atoms with van der Waals surface area (Å²) in [4.78, 5) is 0.929. The lowest BCUT2D eigenvalue weighted by atomic mass is 9.97. The third-order valence-electron chi connectivity index (χ3n) is 1.85. The summed E-state index contributed by atoms with van der Waals surface area (Å²) >= 11 is 8.38. The fourth-order valence-corrected chi connectivity index (χ4v) is 2.36. The average Bonchev–Trinajstić information content (AvgIpc) is 1.94. The zero-order chi connectivity index (χ0) is 10.1. The molecule has 76 valence electrons. The summed E-state index contributed by atoms with van der Waals surface area (Å²) in [7, 11) is -4.33. The van der Waals surface area contributed by atoms with Crippen LogP contribution in [0.25, 0.3) is 0 Å². The van der Waals surface area contributed by atoms with E-state index in [4.69, 9.17) is 4.55 Å². The summed E-state index contributed by atoms with van der Waals surface area (Å²) in [5.74, 6) is 0. The van der Waals surface area contributed by atoms with Crippen molar-refractivity contribution in [1.29, 1.82) is 0 Å². The second-order valence-corrected chi connectivity index (χ2v) is 5.17. The highest BCUT2D eigenvalue weighted by Crippen LogP contribution is 2.23. The van der Waals surface area contributed by atoms with E-state index in [0.717, 1.165) is 4.86 Å². The molecular formula is C6H11O4S3+. The van der Waals surface area contributed by atoms with E-state index in [1.807, 2.05) is 0 Å². The molecule has 7 heteroatoms. The van der Waals surface area contributed by atoms with Crippen LogP contribution in [0, 0.1) is 0 Å². The molecule has 1 aliphatic rings. The van der Waals surface area contributed by atoms with E-state index in [9.17, 15) is 8.42 Å².